The van der Waals surface area contributed by atoms with Crippen molar-refractivity contribution in [2.75, 3.05) is 16.0 Å². The van der Waals surface area contributed by atoms with Crippen LogP contribution >= 0.6 is 11.6 Å². The van der Waals surface area contributed by atoms with E-state index in [1.54, 1.807) is 36.5 Å². The predicted molar refractivity (Wildman–Crippen MR) is 123 cm³/mol. The van der Waals surface area contributed by atoms with E-state index in [4.69, 9.17) is 11.6 Å². The van der Waals surface area contributed by atoms with Crippen molar-refractivity contribution in [3.05, 3.63) is 95.2 Å². The van der Waals surface area contributed by atoms with Gasteiger partial charge in [-0.15, -0.1) is 0 Å². The minimum Gasteiger partial charge on any atom is -0.340 e. The molecule has 0 unspecified atom stereocenters. The van der Waals surface area contributed by atoms with Gasteiger partial charge in [-0.1, -0.05) is 17.7 Å². The average Bonchev–Trinajstić information content (AvgIpc) is 2.75. The molecule has 0 atom stereocenters. The number of nitrogens with zero attached hydrogens (tertiary/aromatic N) is 3. The van der Waals surface area contributed by atoms with Crippen molar-refractivity contribution in [3.63, 3.8) is 0 Å². The number of carbonyl (C=O) groups excluding carboxylic acids is 1. The Morgan fingerprint density at radius 3 is 2.28 bits per heavy atom. The summed E-state index contributed by atoms with van der Waals surface area (Å²) in [4.78, 5) is 25.0. The number of anilines is 5. The van der Waals surface area contributed by atoms with Crippen molar-refractivity contribution >= 4 is 46.3 Å². The van der Waals surface area contributed by atoms with Crippen LogP contribution in [-0.4, -0.2) is 20.9 Å². The van der Waals surface area contributed by atoms with Crippen molar-refractivity contribution in [1.29, 1.82) is 0 Å². The molecule has 0 bridgehead atoms. The van der Waals surface area contributed by atoms with Crippen molar-refractivity contribution in [3.8, 4) is 0 Å². The molecule has 0 saturated carbocycles. The molecule has 2 heterocycles. The molecule has 2 aromatic heterocycles. The highest BCUT2D eigenvalue weighted by Crippen LogP contribution is 2.23. The lowest BCUT2D eigenvalue weighted by atomic mass is 10.2. The smallest absolute Gasteiger partial charge is 0.260 e. The minimum absolute atomic E-state index is 0.0508. The van der Waals surface area contributed by atoms with Crippen LogP contribution in [0.4, 0.5) is 33.2 Å². The van der Waals surface area contributed by atoms with Crippen LogP contribution in [0.3, 0.4) is 0 Å². The van der Waals surface area contributed by atoms with Crippen LogP contribution in [0.15, 0.2) is 73.2 Å². The fraction of sp³-hybridized carbons (Fsp3) is 0.0435. The first kappa shape index (κ1) is 21.2. The lowest BCUT2D eigenvalue weighted by molar-refractivity contribution is 0.102. The standard InChI is InChI=1S/C23H18ClFN6O/c1-14-9-10-26-19(11-14)31-21-12-20(27-13-28-21)29-15-5-7-16(8-6-15)30-23(32)22-17(24)3-2-4-18(22)25/h2-13H,1H3,(H,30,32)(H2,26,27,28,29,31). The predicted octanol–water partition coefficient (Wildman–Crippen LogP) is 5.71. The molecule has 4 aromatic rings. The first-order valence-corrected chi connectivity index (χ1v) is 10.00. The summed E-state index contributed by atoms with van der Waals surface area (Å²) in [5.74, 6) is 0.549. The third kappa shape index (κ3) is 5.16. The van der Waals surface area contributed by atoms with E-state index in [9.17, 15) is 9.18 Å². The van der Waals surface area contributed by atoms with Crippen LogP contribution in [0.5, 0.6) is 0 Å². The topological polar surface area (TPSA) is 91.8 Å². The maximum Gasteiger partial charge on any atom is 0.260 e. The number of pyridine rings is 1. The zero-order valence-electron chi connectivity index (χ0n) is 16.9. The van der Waals surface area contributed by atoms with E-state index in [0.29, 0.717) is 23.1 Å². The molecule has 0 aliphatic rings. The van der Waals surface area contributed by atoms with Gasteiger partial charge in [-0.05, 0) is 61.0 Å². The van der Waals surface area contributed by atoms with E-state index >= 15 is 0 Å². The SMILES string of the molecule is Cc1ccnc(Nc2cc(Nc3ccc(NC(=O)c4c(F)cccc4Cl)cc3)ncn2)c1. The van der Waals surface area contributed by atoms with E-state index in [-0.39, 0.29) is 10.6 Å². The Hall–Kier alpha value is -4.04. The third-order valence-electron chi connectivity index (χ3n) is 4.44. The number of rotatable bonds is 6. The molecule has 0 saturated heterocycles. The summed E-state index contributed by atoms with van der Waals surface area (Å²) in [5.41, 5.74) is 2.13. The second-order valence-electron chi connectivity index (χ2n) is 6.89. The normalized spacial score (nSPS) is 10.5. The van der Waals surface area contributed by atoms with Crippen molar-refractivity contribution in [2.24, 2.45) is 0 Å². The number of carbonyl (C=O) groups is 1. The van der Waals surface area contributed by atoms with Gasteiger partial charge in [0.25, 0.3) is 5.91 Å². The molecule has 9 heteroatoms. The van der Waals surface area contributed by atoms with Crippen LogP contribution in [0.1, 0.15) is 15.9 Å². The molecular weight excluding hydrogens is 431 g/mol. The van der Waals surface area contributed by atoms with Gasteiger partial charge in [-0.2, -0.15) is 0 Å². The zero-order chi connectivity index (χ0) is 22.5. The van der Waals surface area contributed by atoms with E-state index in [1.165, 1.54) is 24.5 Å². The maximum atomic E-state index is 13.9. The van der Waals surface area contributed by atoms with Gasteiger partial charge in [-0.25, -0.2) is 19.3 Å². The molecule has 32 heavy (non-hydrogen) atoms. The van der Waals surface area contributed by atoms with Gasteiger partial charge in [0.2, 0.25) is 0 Å². The fourth-order valence-electron chi connectivity index (χ4n) is 2.92. The molecule has 3 N–H and O–H groups in total. The molecule has 4 rings (SSSR count). The highest BCUT2D eigenvalue weighted by molar-refractivity contribution is 6.34. The second-order valence-corrected chi connectivity index (χ2v) is 7.29. The first-order chi connectivity index (χ1) is 15.5. The molecule has 0 spiro atoms. The van der Waals surface area contributed by atoms with E-state index in [0.717, 1.165) is 11.3 Å². The molecular formula is C23H18ClFN6O. The van der Waals surface area contributed by atoms with Gasteiger partial charge in [0.1, 0.15) is 29.6 Å². The summed E-state index contributed by atoms with van der Waals surface area (Å²) in [6.07, 6.45) is 3.16. The van der Waals surface area contributed by atoms with Crippen molar-refractivity contribution in [1.82, 2.24) is 15.0 Å². The van der Waals surface area contributed by atoms with E-state index in [1.807, 2.05) is 19.1 Å². The summed E-state index contributed by atoms with van der Waals surface area (Å²) in [6, 6.07) is 16.6. The van der Waals surface area contributed by atoms with Gasteiger partial charge in [0.05, 0.1) is 10.6 Å². The number of nitrogens with one attached hydrogen (secondary N) is 3. The highest BCUT2D eigenvalue weighted by Gasteiger charge is 2.15. The second kappa shape index (κ2) is 9.40. The van der Waals surface area contributed by atoms with Gasteiger partial charge in [0.15, 0.2) is 0 Å². The van der Waals surface area contributed by atoms with Crippen LogP contribution in [0, 0.1) is 12.7 Å². The number of benzene rings is 2. The Morgan fingerprint density at radius 2 is 1.56 bits per heavy atom. The number of hydrogen-bond donors (Lipinski definition) is 3. The molecule has 2 aromatic carbocycles. The Morgan fingerprint density at radius 1 is 0.875 bits per heavy atom. The Bertz CT molecular complexity index is 1250. The number of aryl methyl sites for hydroxylation is 1. The van der Waals surface area contributed by atoms with Gasteiger partial charge in [0, 0.05) is 23.6 Å². The molecule has 7 nitrogen and oxygen atoms in total. The van der Waals surface area contributed by atoms with Gasteiger partial charge in [-0.3, -0.25) is 4.79 Å². The average molecular weight is 449 g/mol. The largest absolute Gasteiger partial charge is 0.340 e. The Labute approximate surface area is 188 Å². The van der Waals surface area contributed by atoms with Crippen LogP contribution in [0.25, 0.3) is 0 Å². The quantitative estimate of drug-likeness (QED) is 0.350. The van der Waals surface area contributed by atoms with Crippen molar-refractivity contribution < 1.29 is 9.18 Å². The van der Waals surface area contributed by atoms with Crippen LogP contribution < -0.4 is 16.0 Å². The number of aromatic nitrogens is 3. The van der Waals surface area contributed by atoms with Gasteiger partial charge >= 0.3 is 0 Å². The number of hydrogen-bond acceptors (Lipinski definition) is 6. The van der Waals surface area contributed by atoms with Gasteiger partial charge < -0.3 is 16.0 Å². The van der Waals surface area contributed by atoms with Crippen LogP contribution in [-0.2, 0) is 0 Å². The fourth-order valence-corrected chi connectivity index (χ4v) is 3.17. The lowest BCUT2D eigenvalue weighted by Gasteiger charge is -2.10. The van der Waals surface area contributed by atoms with E-state index < -0.39 is 11.7 Å². The summed E-state index contributed by atoms with van der Waals surface area (Å²) in [6.45, 7) is 1.98. The highest BCUT2D eigenvalue weighted by atomic mass is 35.5. The molecule has 0 fully saturated rings. The van der Waals surface area contributed by atoms with Crippen molar-refractivity contribution in [2.45, 2.75) is 6.92 Å². The number of amides is 1. The zero-order valence-corrected chi connectivity index (χ0v) is 17.7. The maximum absolute atomic E-state index is 13.9. The van der Waals surface area contributed by atoms with E-state index in [2.05, 4.69) is 30.9 Å². The summed E-state index contributed by atoms with van der Waals surface area (Å²) >= 11 is 5.95. The lowest BCUT2D eigenvalue weighted by Crippen LogP contribution is -2.14. The molecule has 0 aliphatic heterocycles. The van der Waals surface area contributed by atoms with Crippen LogP contribution in [0.2, 0.25) is 5.02 Å². The molecule has 160 valence electrons. The Kier molecular flexibility index (Phi) is 6.23. The summed E-state index contributed by atoms with van der Waals surface area (Å²) in [5, 5.41) is 8.99. The molecule has 0 radical (unpaired) electrons. The Balaban J connectivity index is 1.42. The summed E-state index contributed by atoms with van der Waals surface area (Å²) in [7, 11) is 0. The molecule has 0 aliphatic carbocycles. The third-order valence-corrected chi connectivity index (χ3v) is 4.76. The first-order valence-electron chi connectivity index (χ1n) is 9.62. The number of halogens is 2. The minimum atomic E-state index is -0.678. The monoisotopic (exact) mass is 448 g/mol. The summed E-state index contributed by atoms with van der Waals surface area (Å²) < 4.78 is 13.9. The molecule has 1 amide bonds.